The van der Waals surface area contributed by atoms with Gasteiger partial charge in [0.2, 0.25) is 10.9 Å². The molecule has 0 unspecified atom stereocenters. The summed E-state index contributed by atoms with van der Waals surface area (Å²) in [4.78, 5) is 22.8. The Hall–Kier alpha value is -1.87. The summed E-state index contributed by atoms with van der Waals surface area (Å²) in [6, 6.07) is 1.72. The van der Waals surface area contributed by atoms with E-state index in [-0.39, 0.29) is 18.9 Å². The first-order chi connectivity index (χ1) is 10.8. The average molecular weight is 345 g/mol. The van der Waals surface area contributed by atoms with Crippen molar-refractivity contribution in [1.82, 2.24) is 4.31 Å². The highest BCUT2D eigenvalue weighted by Gasteiger charge is 2.41. The third-order valence-corrected chi connectivity index (χ3v) is 5.73. The van der Waals surface area contributed by atoms with E-state index in [0.29, 0.717) is 12.8 Å². The van der Waals surface area contributed by atoms with Crippen molar-refractivity contribution in [2.45, 2.75) is 37.8 Å². The largest absolute Gasteiger partial charge is 0.481 e. The molecule has 1 aliphatic heterocycles. The Kier molecular flexibility index (Phi) is 5.10. The van der Waals surface area contributed by atoms with E-state index in [0.717, 1.165) is 4.31 Å². The third kappa shape index (κ3) is 3.40. The first-order valence-corrected chi connectivity index (χ1v) is 8.74. The number of carbonyl (C=O) groups excluding carboxylic acids is 1. The van der Waals surface area contributed by atoms with Gasteiger partial charge in [0.1, 0.15) is 0 Å². The Morgan fingerprint density at radius 3 is 2.74 bits per heavy atom. The van der Waals surface area contributed by atoms with Crippen LogP contribution in [0.15, 0.2) is 21.6 Å². The van der Waals surface area contributed by atoms with Gasteiger partial charge >= 0.3 is 11.9 Å². The van der Waals surface area contributed by atoms with Crippen LogP contribution < -0.4 is 0 Å². The normalized spacial score (nSPS) is 22.7. The Morgan fingerprint density at radius 1 is 1.43 bits per heavy atom. The smallest absolute Gasteiger partial charge is 0.374 e. The highest BCUT2D eigenvalue weighted by molar-refractivity contribution is 7.89. The molecular formula is C14H19NO7S. The average Bonchev–Trinajstić information content (AvgIpc) is 2.97. The number of sulfonamides is 1. The molecule has 0 spiro atoms. The number of esters is 1. The molecule has 1 N–H and O–H groups in total. The third-order valence-electron chi connectivity index (χ3n) is 3.87. The van der Waals surface area contributed by atoms with Gasteiger partial charge in [0, 0.05) is 12.6 Å². The van der Waals surface area contributed by atoms with Gasteiger partial charge in [-0.1, -0.05) is 0 Å². The lowest BCUT2D eigenvalue weighted by Gasteiger charge is -2.35. The number of hydrogen-bond donors (Lipinski definition) is 1. The van der Waals surface area contributed by atoms with Gasteiger partial charge in [-0.05, 0) is 38.8 Å². The maximum Gasteiger partial charge on any atom is 0.374 e. The topological polar surface area (TPSA) is 114 Å². The summed E-state index contributed by atoms with van der Waals surface area (Å²) in [5.74, 6) is -2.74. The fourth-order valence-corrected chi connectivity index (χ4v) is 4.29. The van der Waals surface area contributed by atoms with Crippen molar-refractivity contribution in [1.29, 1.82) is 0 Å². The van der Waals surface area contributed by atoms with Crippen LogP contribution in [0.1, 0.15) is 37.2 Å². The molecule has 128 valence electrons. The Balaban J connectivity index is 2.27. The van der Waals surface area contributed by atoms with Crippen molar-refractivity contribution in [2.24, 2.45) is 5.92 Å². The molecule has 0 aliphatic carbocycles. The van der Waals surface area contributed by atoms with Crippen LogP contribution in [-0.2, 0) is 19.6 Å². The minimum Gasteiger partial charge on any atom is -0.481 e. The van der Waals surface area contributed by atoms with E-state index < -0.39 is 39.0 Å². The lowest BCUT2D eigenvalue weighted by molar-refractivity contribution is -0.144. The predicted molar refractivity (Wildman–Crippen MR) is 78.4 cm³/mol. The molecule has 2 heterocycles. The van der Waals surface area contributed by atoms with Crippen LogP contribution in [0.3, 0.4) is 0 Å². The summed E-state index contributed by atoms with van der Waals surface area (Å²) in [6.45, 7) is 3.54. The van der Waals surface area contributed by atoms with E-state index in [2.05, 4.69) is 0 Å². The number of furan rings is 1. The molecule has 2 atom stereocenters. The highest BCUT2D eigenvalue weighted by Crippen LogP contribution is 2.30. The van der Waals surface area contributed by atoms with Crippen molar-refractivity contribution in [3.8, 4) is 0 Å². The molecule has 9 heteroatoms. The molecule has 0 aromatic carbocycles. The van der Waals surface area contributed by atoms with Crippen LogP contribution in [0.5, 0.6) is 0 Å². The summed E-state index contributed by atoms with van der Waals surface area (Å²) in [5, 5.41) is 8.80. The summed E-state index contributed by atoms with van der Waals surface area (Å²) < 4.78 is 36.3. The predicted octanol–water partition coefficient (Wildman–Crippen LogP) is 1.33. The summed E-state index contributed by atoms with van der Waals surface area (Å²) >= 11 is 0. The second-order valence-corrected chi connectivity index (χ2v) is 7.10. The van der Waals surface area contributed by atoms with Crippen LogP contribution in [0, 0.1) is 5.92 Å². The minimum atomic E-state index is -4.01. The fraction of sp³-hybridized carbons (Fsp3) is 0.571. The first-order valence-electron chi connectivity index (χ1n) is 7.30. The van der Waals surface area contributed by atoms with Crippen molar-refractivity contribution < 1.29 is 32.3 Å². The zero-order chi connectivity index (χ0) is 17.2. The maximum absolute atomic E-state index is 12.6. The van der Waals surface area contributed by atoms with Gasteiger partial charge in [0.15, 0.2) is 0 Å². The quantitative estimate of drug-likeness (QED) is 0.801. The van der Waals surface area contributed by atoms with Gasteiger partial charge in [-0.15, -0.1) is 0 Å². The van der Waals surface area contributed by atoms with E-state index >= 15 is 0 Å². The van der Waals surface area contributed by atoms with Crippen LogP contribution in [0.2, 0.25) is 0 Å². The van der Waals surface area contributed by atoms with Gasteiger partial charge in [0.05, 0.1) is 12.5 Å². The van der Waals surface area contributed by atoms with E-state index in [1.54, 1.807) is 13.8 Å². The molecule has 1 fully saturated rings. The summed E-state index contributed by atoms with van der Waals surface area (Å²) in [7, 11) is -4.01. The van der Waals surface area contributed by atoms with Crippen molar-refractivity contribution in [2.75, 3.05) is 13.2 Å². The second kappa shape index (κ2) is 6.71. The molecule has 1 saturated heterocycles. The second-order valence-electron chi connectivity index (χ2n) is 5.28. The van der Waals surface area contributed by atoms with Gasteiger partial charge in [0.25, 0.3) is 10.0 Å². The number of rotatable bonds is 5. The zero-order valence-corrected chi connectivity index (χ0v) is 13.7. The molecule has 0 bridgehead atoms. The molecule has 2 rings (SSSR count). The van der Waals surface area contributed by atoms with E-state index in [4.69, 9.17) is 9.15 Å². The number of nitrogens with zero attached hydrogens (tertiary/aromatic N) is 1. The Labute approximate surface area is 134 Å². The van der Waals surface area contributed by atoms with Gasteiger partial charge in [-0.3, -0.25) is 4.79 Å². The molecule has 1 aliphatic rings. The molecule has 0 amide bonds. The number of ether oxygens (including phenoxy) is 1. The minimum absolute atomic E-state index is 0.144. The Morgan fingerprint density at radius 2 is 2.13 bits per heavy atom. The Bertz CT molecular complexity index is 694. The number of carbonyl (C=O) groups is 2. The van der Waals surface area contributed by atoms with Gasteiger partial charge in [-0.2, -0.15) is 4.31 Å². The lowest BCUT2D eigenvalue weighted by atomic mass is 9.92. The molecular weight excluding hydrogens is 326 g/mol. The van der Waals surface area contributed by atoms with Crippen molar-refractivity contribution >= 4 is 22.0 Å². The number of hydrogen-bond acceptors (Lipinski definition) is 6. The van der Waals surface area contributed by atoms with Gasteiger partial charge < -0.3 is 14.3 Å². The van der Waals surface area contributed by atoms with E-state index in [1.807, 2.05) is 0 Å². The van der Waals surface area contributed by atoms with E-state index in [9.17, 15) is 23.1 Å². The number of carboxylic acids is 1. The monoisotopic (exact) mass is 345 g/mol. The number of aliphatic carboxylic acids is 1. The molecule has 1 aromatic rings. The SMILES string of the molecule is CCOC(=O)c1ccc(S(=O)(=O)N2CCC[C@H](C(=O)O)[C@@H]2C)o1. The van der Waals surface area contributed by atoms with Crippen LogP contribution in [0.25, 0.3) is 0 Å². The van der Waals surface area contributed by atoms with E-state index in [1.165, 1.54) is 12.1 Å². The van der Waals surface area contributed by atoms with Gasteiger partial charge in [-0.25, -0.2) is 13.2 Å². The molecule has 1 aromatic heterocycles. The van der Waals surface area contributed by atoms with Crippen molar-refractivity contribution in [3.05, 3.63) is 17.9 Å². The molecule has 0 radical (unpaired) electrons. The molecule has 0 saturated carbocycles. The maximum atomic E-state index is 12.6. The number of piperidine rings is 1. The standard InChI is InChI=1S/C14H19NO7S/c1-3-21-14(18)11-6-7-12(22-11)23(19,20)15-8-4-5-10(9(15)2)13(16)17/h6-7,9-10H,3-5,8H2,1-2H3,(H,16,17)/t9-,10-/m0/s1. The number of carboxylic acid groups (broad SMARTS) is 1. The zero-order valence-electron chi connectivity index (χ0n) is 12.9. The van der Waals surface area contributed by atoms with Crippen LogP contribution in [0.4, 0.5) is 0 Å². The molecule has 23 heavy (non-hydrogen) atoms. The van der Waals surface area contributed by atoms with Crippen LogP contribution in [-0.4, -0.2) is 49.0 Å². The fourth-order valence-electron chi connectivity index (χ4n) is 2.67. The van der Waals surface area contributed by atoms with Crippen LogP contribution >= 0.6 is 0 Å². The first kappa shape index (κ1) is 17.5. The van der Waals surface area contributed by atoms with Crippen molar-refractivity contribution in [3.63, 3.8) is 0 Å². The summed E-state index contributed by atoms with van der Waals surface area (Å²) in [6.07, 6.45) is 0.876. The highest BCUT2D eigenvalue weighted by atomic mass is 32.2. The molecule has 8 nitrogen and oxygen atoms in total. The lowest BCUT2D eigenvalue weighted by Crippen LogP contribution is -2.48. The summed E-state index contributed by atoms with van der Waals surface area (Å²) in [5.41, 5.74) is 0.